The highest BCUT2D eigenvalue weighted by Crippen LogP contribution is 2.39. The Morgan fingerprint density at radius 3 is 2.88 bits per heavy atom. The summed E-state index contributed by atoms with van der Waals surface area (Å²) in [7, 11) is -3.09. The number of rotatable bonds is 3. The van der Waals surface area contributed by atoms with Gasteiger partial charge >= 0.3 is 0 Å². The van der Waals surface area contributed by atoms with Crippen LogP contribution >= 0.6 is 23.4 Å². The second kappa shape index (κ2) is 6.75. The van der Waals surface area contributed by atoms with E-state index in [0.29, 0.717) is 16.7 Å². The van der Waals surface area contributed by atoms with Gasteiger partial charge in [-0.3, -0.25) is 4.79 Å². The summed E-state index contributed by atoms with van der Waals surface area (Å²) in [5.74, 6) is -0.403. The van der Waals surface area contributed by atoms with E-state index in [9.17, 15) is 13.2 Å². The number of carbonyl (C=O) groups is 1. The van der Waals surface area contributed by atoms with E-state index >= 15 is 0 Å². The maximum Gasteiger partial charge on any atom is 0.262 e. The van der Waals surface area contributed by atoms with Crippen LogP contribution in [0.5, 0.6) is 0 Å². The number of amides is 1. The van der Waals surface area contributed by atoms with Crippen molar-refractivity contribution in [2.24, 2.45) is 4.99 Å². The Hall–Kier alpha value is -1.56. The summed E-state index contributed by atoms with van der Waals surface area (Å²) < 4.78 is 23.8. The molecule has 0 spiro atoms. The first-order valence-electron chi connectivity index (χ1n) is 7.25. The van der Waals surface area contributed by atoms with Crippen LogP contribution in [-0.2, 0) is 21.2 Å². The fourth-order valence-corrected chi connectivity index (χ4v) is 7.01. The van der Waals surface area contributed by atoms with Gasteiger partial charge in [0.15, 0.2) is 15.0 Å². The van der Waals surface area contributed by atoms with E-state index in [1.165, 1.54) is 11.8 Å². The number of fused-ring (bicyclic) bond motifs is 1. The number of amidine groups is 1. The molecule has 0 unspecified atom stereocenters. The number of benzene rings is 1. The zero-order chi connectivity index (χ0) is 17.3. The number of aliphatic imine (C=N–C) groups is 1. The minimum absolute atomic E-state index is 0.0422. The van der Waals surface area contributed by atoms with Crippen LogP contribution in [0.4, 0.5) is 0 Å². The molecule has 3 rings (SSSR count). The number of sulfone groups is 1. The Balaban J connectivity index is 1.91. The second-order valence-corrected chi connectivity index (χ2v) is 9.41. The van der Waals surface area contributed by atoms with E-state index in [1.807, 2.05) is 23.1 Å². The van der Waals surface area contributed by atoms with Gasteiger partial charge in [-0.15, -0.1) is 0 Å². The molecule has 0 saturated carbocycles. The summed E-state index contributed by atoms with van der Waals surface area (Å²) in [4.78, 5) is 17.6. The SMILES string of the molecule is N#CCC(=O)N=C1S[C@@H]2CS(=O)(=O)C[C@H]2N1Cc1ccccc1Cl. The molecular formula is C15H14ClN3O3S2. The first-order valence-corrected chi connectivity index (χ1v) is 10.3. The van der Waals surface area contributed by atoms with Gasteiger partial charge in [0.1, 0.15) is 6.42 Å². The van der Waals surface area contributed by atoms with E-state index in [-0.39, 0.29) is 29.2 Å². The number of nitriles is 1. The van der Waals surface area contributed by atoms with Crippen molar-refractivity contribution in [3.63, 3.8) is 0 Å². The molecule has 2 aliphatic heterocycles. The number of hydrogen-bond donors (Lipinski definition) is 0. The molecule has 0 N–H and O–H groups in total. The molecule has 1 aromatic carbocycles. The summed E-state index contributed by atoms with van der Waals surface area (Å²) in [5, 5.41) is 9.52. The molecule has 126 valence electrons. The van der Waals surface area contributed by atoms with Crippen LogP contribution < -0.4 is 0 Å². The molecule has 0 aromatic heterocycles. The Morgan fingerprint density at radius 2 is 2.17 bits per heavy atom. The van der Waals surface area contributed by atoms with Gasteiger partial charge in [-0.05, 0) is 11.6 Å². The standard InChI is InChI=1S/C15H14ClN3O3S2/c16-11-4-2-1-3-10(11)7-19-12-8-24(21,22)9-13(12)23-15(19)18-14(20)5-6-17/h1-4,12-13H,5,7-9H2/t12-,13-/m1/s1. The normalized spacial score (nSPS) is 26.3. The van der Waals surface area contributed by atoms with Crippen LogP contribution in [0.15, 0.2) is 29.3 Å². The Morgan fingerprint density at radius 1 is 1.42 bits per heavy atom. The van der Waals surface area contributed by atoms with Gasteiger partial charge < -0.3 is 4.90 Å². The smallest absolute Gasteiger partial charge is 0.262 e. The minimum atomic E-state index is -3.09. The molecule has 1 amide bonds. The maximum atomic E-state index is 11.9. The minimum Gasteiger partial charge on any atom is -0.342 e. The highest BCUT2D eigenvalue weighted by atomic mass is 35.5. The molecule has 9 heteroatoms. The van der Waals surface area contributed by atoms with Crippen LogP contribution in [0.2, 0.25) is 5.02 Å². The van der Waals surface area contributed by atoms with Gasteiger partial charge in [-0.1, -0.05) is 41.6 Å². The molecule has 2 saturated heterocycles. The van der Waals surface area contributed by atoms with Crippen LogP contribution in [0.25, 0.3) is 0 Å². The third-order valence-electron chi connectivity index (χ3n) is 3.92. The van der Waals surface area contributed by atoms with Crippen LogP contribution in [-0.4, -0.2) is 47.2 Å². The lowest BCUT2D eigenvalue weighted by atomic mass is 10.1. The first kappa shape index (κ1) is 17.3. The van der Waals surface area contributed by atoms with Gasteiger partial charge in [0.25, 0.3) is 5.91 Å². The van der Waals surface area contributed by atoms with Gasteiger partial charge in [0.05, 0.1) is 23.6 Å². The number of carbonyl (C=O) groups excluding carboxylic acids is 1. The van der Waals surface area contributed by atoms with Crippen molar-refractivity contribution < 1.29 is 13.2 Å². The van der Waals surface area contributed by atoms with Gasteiger partial charge in [-0.25, -0.2) is 8.42 Å². The fourth-order valence-electron chi connectivity index (χ4n) is 2.84. The zero-order valence-electron chi connectivity index (χ0n) is 12.6. The van der Waals surface area contributed by atoms with Crippen LogP contribution in [0.1, 0.15) is 12.0 Å². The number of halogens is 1. The largest absolute Gasteiger partial charge is 0.342 e. The third-order valence-corrected chi connectivity index (χ3v) is 7.54. The monoisotopic (exact) mass is 383 g/mol. The molecule has 2 atom stereocenters. The Bertz CT molecular complexity index is 848. The highest BCUT2D eigenvalue weighted by Gasteiger charge is 2.48. The molecular weight excluding hydrogens is 370 g/mol. The summed E-state index contributed by atoms with van der Waals surface area (Å²) in [6, 6.07) is 8.84. The molecule has 6 nitrogen and oxygen atoms in total. The predicted octanol–water partition coefficient (Wildman–Crippen LogP) is 1.85. The molecule has 2 aliphatic rings. The van der Waals surface area contributed by atoms with E-state index in [1.54, 1.807) is 12.1 Å². The van der Waals surface area contributed by atoms with Gasteiger partial charge in [0.2, 0.25) is 0 Å². The van der Waals surface area contributed by atoms with Crippen molar-refractivity contribution >= 4 is 44.3 Å². The average Bonchev–Trinajstić information content (AvgIpc) is 2.94. The lowest BCUT2D eigenvalue weighted by molar-refractivity contribution is -0.116. The summed E-state index contributed by atoms with van der Waals surface area (Å²) in [6.45, 7) is 0.377. The second-order valence-electron chi connectivity index (χ2n) is 5.64. The van der Waals surface area contributed by atoms with Crippen LogP contribution in [0, 0.1) is 11.3 Å². The molecule has 1 aromatic rings. The van der Waals surface area contributed by atoms with Crippen molar-refractivity contribution in [3.8, 4) is 6.07 Å². The maximum absolute atomic E-state index is 11.9. The molecule has 24 heavy (non-hydrogen) atoms. The van der Waals surface area contributed by atoms with E-state index < -0.39 is 15.7 Å². The van der Waals surface area contributed by atoms with Gasteiger partial charge in [0, 0.05) is 16.8 Å². The number of thioether (sulfide) groups is 1. The molecule has 2 heterocycles. The van der Waals surface area contributed by atoms with Crippen molar-refractivity contribution in [3.05, 3.63) is 34.9 Å². The number of nitrogens with zero attached hydrogens (tertiary/aromatic N) is 3. The van der Waals surface area contributed by atoms with E-state index in [2.05, 4.69) is 4.99 Å². The molecule has 2 fully saturated rings. The quantitative estimate of drug-likeness (QED) is 0.791. The summed E-state index contributed by atoms with van der Waals surface area (Å²) in [6.07, 6.45) is -0.294. The summed E-state index contributed by atoms with van der Waals surface area (Å²) >= 11 is 7.50. The number of hydrogen-bond acceptors (Lipinski definition) is 5. The Labute approximate surface area is 149 Å². The zero-order valence-corrected chi connectivity index (χ0v) is 14.9. The van der Waals surface area contributed by atoms with Crippen molar-refractivity contribution in [2.75, 3.05) is 11.5 Å². The van der Waals surface area contributed by atoms with Crippen molar-refractivity contribution in [1.29, 1.82) is 5.26 Å². The fraction of sp³-hybridized carbons (Fsp3) is 0.400. The topological polar surface area (TPSA) is 90.6 Å². The summed E-state index contributed by atoms with van der Waals surface area (Å²) in [5.41, 5.74) is 0.838. The van der Waals surface area contributed by atoms with Crippen LogP contribution in [0.3, 0.4) is 0 Å². The Kier molecular flexibility index (Phi) is 4.85. The lowest BCUT2D eigenvalue weighted by Gasteiger charge is -2.24. The predicted molar refractivity (Wildman–Crippen MR) is 93.5 cm³/mol. The van der Waals surface area contributed by atoms with E-state index in [0.717, 1.165) is 5.56 Å². The third kappa shape index (κ3) is 3.58. The lowest BCUT2D eigenvalue weighted by Crippen LogP contribution is -2.37. The highest BCUT2D eigenvalue weighted by molar-refractivity contribution is 8.15. The van der Waals surface area contributed by atoms with Crippen molar-refractivity contribution in [2.45, 2.75) is 24.3 Å². The first-order chi connectivity index (χ1) is 11.4. The molecule has 0 radical (unpaired) electrons. The van der Waals surface area contributed by atoms with E-state index in [4.69, 9.17) is 16.9 Å². The van der Waals surface area contributed by atoms with Crippen molar-refractivity contribution in [1.82, 2.24) is 4.90 Å². The average molecular weight is 384 g/mol. The molecule has 0 aliphatic carbocycles. The van der Waals surface area contributed by atoms with Gasteiger partial charge in [-0.2, -0.15) is 10.3 Å². The molecule has 0 bridgehead atoms.